The summed E-state index contributed by atoms with van der Waals surface area (Å²) in [5.74, 6) is -0.419. The highest BCUT2D eigenvalue weighted by Crippen LogP contribution is 2.22. The number of benzene rings is 2. The van der Waals surface area contributed by atoms with Gasteiger partial charge >= 0.3 is 5.97 Å². The van der Waals surface area contributed by atoms with Crippen LogP contribution in [0.3, 0.4) is 0 Å². The number of rotatable bonds is 7. The van der Waals surface area contributed by atoms with Gasteiger partial charge in [0.25, 0.3) is 5.91 Å². The van der Waals surface area contributed by atoms with Crippen molar-refractivity contribution in [1.29, 1.82) is 0 Å². The summed E-state index contributed by atoms with van der Waals surface area (Å²) in [6, 6.07) is 15.8. The lowest BCUT2D eigenvalue weighted by molar-refractivity contribution is -0.141. The van der Waals surface area contributed by atoms with Gasteiger partial charge in [0.1, 0.15) is 6.54 Å². The third kappa shape index (κ3) is 6.53. The molecule has 2 heterocycles. The van der Waals surface area contributed by atoms with Crippen LogP contribution in [0.2, 0.25) is 0 Å². The molecule has 4 rings (SSSR count). The van der Waals surface area contributed by atoms with Crippen LogP contribution in [0.5, 0.6) is 0 Å². The van der Waals surface area contributed by atoms with Crippen molar-refractivity contribution in [2.24, 2.45) is 4.99 Å². The van der Waals surface area contributed by atoms with Crippen LogP contribution < -0.4 is 9.70 Å². The van der Waals surface area contributed by atoms with E-state index in [4.69, 9.17) is 4.74 Å². The monoisotopic (exact) mass is 576 g/mol. The first-order chi connectivity index (χ1) is 16.9. The number of aromatic nitrogens is 1. The van der Waals surface area contributed by atoms with E-state index in [1.807, 2.05) is 41.3 Å². The molecule has 1 fully saturated rings. The number of hydrogen-bond donors (Lipinski definition) is 0. The van der Waals surface area contributed by atoms with Gasteiger partial charge in [0.05, 0.1) is 28.8 Å². The van der Waals surface area contributed by atoms with Crippen molar-refractivity contribution >= 4 is 72.7 Å². The molecule has 0 atom stereocenters. The lowest BCUT2D eigenvalue weighted by Gasteiger charge is -2.36. The number of esters is 1. The van der Waals surface area contributed by atoms with Gasteiger partial charge in [-0.2, -0.15) is 4.99 Å². The Kier molecular flexibility index (Phi) is 8.64. The smallest absolute Gasteiger partial charge is 0.325 e. The van der Waals surface area contributed by atoms with E-state index in [9.17, 15) is 14.4 Å². The van der Waals surface area contributed by atoms with Gasteiger partial charge in [-0.3, -0.25) is 14.4 Å². The minimum Gasteiger partial charge on any atom is -0.468 e. The molecule has 0 bridgehead atoms. The summed E-state index contributed by atoms with van der Waals surface area (Å²) in [6.45, 7) is 2.87. The fourth-order valence-corrected chi connectivity index (χ4v) is 6.08. The number of methoxy groups -OCH3 is 1. The number of amides is 2. The van der Waals surface area contributed by atoms with E-state index in [-0.39, 0.29) is 29.9 Å². The molecule has 1 aliphatic heterocycles. The lowest BCUT2D eigenvalue weighted by atomic mass is 10.2. The van der Waals surface area contributed by atoms with Crippen molar-refractivity contribution in [3.05, 3.63) is 57.8 Å². The first-order valence-corrected chi connectivity index (χ1v) is 13.8. The van der Waals surface area contributed by atoms with E-state index in [1.165, 1.54) is 35.9 Å². The quantitative estimate of drug-likeness (QED) is 0.402. The van der Waals surface area contributed by atoms with E-state index < -0.39 is 5.97 Å². The summed E-state index contributed by atoms with van der Waals surface area (Å²) in [5.41, 5.74) is 1.96. The maximum Gasteiger partial charge on any atom is 0.325 e. The normalized spacial score (nSPS) is 14.4. The highest BCUT2D eigenvalue weighted by molar-refractivity contribution is 9.10. The highest BCUT2D eigenvalue weighted by atomic mass is 79.9. The van der Waals surface area contributed by atoms with Crippen LogP contribution >= 0.6 is 39.0 Å². The summed E-state index contributed by atoms with van der Waals surface area (Å²) < 4.78 is 8.27. The van der Waals surface area contributed by atoms with Crippen molar-refractivity contribution in [2.45, 2.75) is 6.54 Å². The molecule has 3 aromatic rings. The summed E-state index contributed by atoms with van der Waals surface area (Å²) in [4.78, 5) is 45.9. The number of carbonyl (C=O) groups excluding carboxylic acids is 3. The van der Waals surface area contributed by atoms with Gasteiger partial charge in [0.2, 0.25) is 5.91 Å². The first-order valence-electron chi connectivity index (χ1n) is 11.0. The average molecular weight is 578 g/mol. The molecule has 2 amide bonds. The third-order valence-corrected chi connectivity index (χ3v) is 8.02. The second kappa shape index (κ2) is 11.9. The predicted octanol–water partition coefficient (Wildman–Crippen LogP) is 3.15. The Morgan fingerprint density at radius 2 is 1.80 bits per heavy atom. The van der Waals surface area contributed by atoms with Crippen LogP contribution in [0.4, 0.5) is 5.69 Å². The van der Waals surface area contributed by atoms with Crippen LogP contribution in [-0.2, 0) is 25.7 Å². The third-order valence-electron chi connectivity index (χ3n) is 5.58. The van der Waals surface area contributed by atoms with Crippen molar-refractivity contribution < 1.29 is 19.1 Å². The molecular weight excluding hydrogens is 552 g/mol. The lowest BCUT2D eigenvalue weighted by Crippen LogP contribution is -2.49. The zero-order chi connectivity index (χ0) is 24.8. The van der Waals surface area contributed by atoms with Gasteiger partial charge in [-0.15, -0.1) is 11.8 Å². The van der Waals surface area contributed by atoms with Gasteiger partial charge in [0, 0.05) is 36.3 Å². The maximum absolute atomic E-state index is 12.6. The standard InChI is InChI=1S/C24H25BrN4O4S2/c1-33-23(32)14-29-19-8-7-17(25)13-20(19)35-24(29)26-21(30)15-34-16-22(31)28-11-9-27(10-12-28)18-5-3-2-4-6-18/h2-8,13H,9-12,14-16H2,1H3. The molecule has 0 saturated carbocycles. The zero-order valence-electron chi connectivity index (χ0n) is 19.2. The number of fused-ring (bicyclic) bond motifs is 1. The van der Waals surface area contributed by atoms with Gasteiger partial charge in [-0.1, -0.05) is 45.5 Å². The van der Waals surface area contributed by atoms with E-state index in [0.29, 0.717) is 17.9 Å². The van der Waals surface area contributed by atoms with Crippen LogP contribution in [0.15, 0.2) is 58.0 Å². The molecule has 35 heavy (non-hydrogen) atoms. The van der Waals surface area contributed by atoms with Crippen molar-refractivity contribution in [2.75, 3.05) is 49.7 Å². The van der Waals surface area contributed by atoms with Crippen molar-refractivity contribution in [3.63, 3.8) is 0 Å². The molecular formula is C24H25BrN4O4S2. The molecule has 0 N–H and O–H groups in total. The highest BCUT2D eigenvalue weighted by Gasteiger charge is 2.21. The molecule has 184 valence electrons. The second-order valence-corrected chi connectivity index (χ2v) is 10.8. The molecule has 1 saturated heterocycles. The number of halogens is 1. The number of para-hydroxylation sites is 1. The van der Waals surface area contributed by atoms with E-state index >= 15 is 0 Å². The molecule has 0 aliphatic carbocycles. The molecule has 0 unspecified atom stereocenters. The number of thioether (sulfide) groups is 1. The Bertz CT molecular complexity index is 1280. The number of ether oxygens (including phenoxy) is 1. The van der Waals surface area contributed by atoms with Crippen LogP contribution in [0.1, 0.15) is 0 Å². The molecule has 8 nitrogen and oxygen atoms in total. The summed E-state index contributed by atoms with van der Waals surface area (Å²) >= 11 is 6.03. The zero-order valence-corrected chi connectivity index (χ0v) is 22.4. The minimum absolute atomic E-state index is 0.0305. The predicted molar refractivity (Wildman–Crippen MR) is 143 cm³/mol. The molecule has 2 aromatic carbocycles. The largest absolute Gasteiger partial charge is 0.468 e. The van der Waals surface area contributed by atoms with Crippen LogP contribution in [0.25, 0.3) is 10.2 Å². The second-order valence-electron chi connectivity index (χ2n) is 7.86. The number of nitrogens with zero attached hydrogens (tertiary/aromatic N) is 4. The molecule has 0 spiro atoms. The summed E-state index contributed by atoms with van der Waals surface area (Å²) in [6.07, 6.45) is 0. The van der Waals surface area contributed by atoms with Crippen LogP contribution in [0, 0.1) is 0 Å². The fraction of sp³-hybridized carbons (Fsp3) is 0.333. The Labute approximate surface area is 219 Å². The van der Waals surface area contributed by atoms with Crippen molar-refractivity contribution in [1.82, 2.24) is 9.47 Å². The fourth-order valence-electron chi connectivity index (χ4n) is 3.79. The van der Waals surface area contributed by atoms with Gasteiger partial charge in [-0.25, -0.2) is 0 Å². The average Bonchev–Trinajstić information content (AvgIpc) is 3.19. The number of carbonyl (C=O) groups is 3. The Morgan fingerprint density at radius 1 is 1.06 bits per heavy atom. The van der Waals surface area contributed by atoms with Gasteiger partial charge in [-0.05, 0) is 30.3 Å². The van der Waals surface area contributed by atoms with E-state index in [1.54, 1.807) is 4.57 Å². The Balaban J connectivity index is 1.33. The van der Waals surface area contributed by atoms with Crippen molar-refractivity contribution in [3.8, 4) is 0 Å². The number of hydrogen-bond acceptors (Lipinski definition) is 7. The Morgan fingerprint density at radius 3 is 2.51 bits per heavy atom. The minimum atomic E-state index is -0.422. The van der Waals surface area contributed by atoms with E-state index in [0.717, 1.165) is 27.8 Å². The first kappa shape index (κ1) is 25.5. The SMILES string of the molecule is COC(=O)Cn1c(=NC(=O)CSCC(=O)N2CCN(c3ccccc3)CC2)sc2cc(Br)ccc21. The summed E-state index contributed by atoms with van der Waals surface area (Å²) in [7, 11) is 1.32. The molecule has 1 aliphatic rings. The maximum atomic E-state index is 12.6. The molecule has 0 radical (unpaired) electrons. The van der Waals surface area contributed by atoms with Gasteiger partial charge in [0.15, 0.2) is 4.80 Å². The Hall–Kier alpha value is -2.63. The molecule has 11 heteroatoms. The number of anilines is 1. The topological polar surface area (TPSA) is 84.2 Å². The molecule has 1 aromatic heterocycles. The van der Waals surface area contributed by atoms with Gasteiger partial charge < -0.3 is 19.1 Å². The van der Waals surface area contributed by atoms with E-state index in [2.05, 4.69) is 38.0 Å². The number of thiazole rings is 1. The van der Waals surface area contributed by atoms with Crippen LogP contribution in [-0.4, -0.2) is 72.0 Å². The summed E-state index contributed by atoms with van der Waals surface area (Å²) in [5, 5.41) is 0. The number of piperazine rings is 1.